The highest BCUT2D eigenvalue weighted by Crippen LogP contribution is 2.32. The van der Waals surface area contributed by atoms with Crippen molar-refractivity contribution in [3.8, 4) is 5.75 Å². The number of hydrogen-bond donors (Lipinski definition) is 2. The molecule has 1 heterocycles. The lowest BCUT2D eigenvalue weighted by molar-refractivity contribution is 0.127. The average Bonchev–Trinajstić information content (AvgIpc) is 2.82. The van der Waals surface area contributed by atoms with Crippen molar-refractivity contribution in [2.45, 2.75) is 37.8 Å². The zero-order valence-corrected chi connectivity index (χ0v) is 11.0. The van der Waals surface area contributed by atoms with Crippen LogP contribution in [0, 0.1) is 5.92 Å². The lowest BCUT2D eigenvalue weighted by Gasteiger charge is -2.28. The van der Waals surface area contributed by atoms with E-state index in [1.165, 1.54) is 0 Å². The van der Waals surface area contributed by atoms with E-state index in [1.807, 2.05) is 12.1 Å². The maximum Gasteiger partial charge on any atom is 0.188 e. The minimum atomic E-state index is 0.259. The van der Waals surface area contributed by atoms with Crippen molar-refractivity contribution < 1.29 is 9.84 Å². The second-order valence-corrected chi connectivity index (χ2v) is 5.50. The summed E-state index contributed by atoms with van der Waals surface area (Å²) >= 11 is 0. The number of nitrogens with zero attached hydrogens (tertiary/aromatic N) is 1. The monoisotopic (exact) mass is 260 g/mol. The third-order valence-electron chi connectivity index (χ3n) is 4.09. The van der Waals surface area contributed by atoms with Gasteiger partial charge in [0.25, 0.3) is 0 Å². The first-order valence-corrected chi connectivity index (χ1v) is 6.96. The summed E-state index contributed by atoms with van der Waals surface area (Å²) in [7, 11) is 0. The second kappa shape index (κ2) is 5.21. The van der Waals surface area contributed by atoms with Gasteiger partial charge >= 0.3 is 0 Å². The molecule has 102 valence electrons. The van der Waals surface area contributed by atoms with Gasteiger partial charge in [0.1, 0.15) is 11.9 Å². The first-order chi connectivity index (χ1) is 9.24. The Balaban J connectivity index is 1.65. The molecule has 0 aromatic heterocycles. The average molecular weight is 260 g/mol. The van der Waals surface area contributed by atoms with E-state index in [4.69, 9.17) is 15.5 Å². The van der Waals surface area contributed by atoms with E-state index >= 15 is 0 Å². The van der Waals surface area contributed by atoms with Crippen molar-refractivity contribution in [2.24, 2.45) is 16.6 Å². The molecular weight excluding hydrogens is 240 g/mol. The highest BCUT2D eigenvalue weighted by Gasteiger charge is 2.36. The van der Waals surface area contributed by atoms with Crippen LogP contribution in [-0.4, -0.2) is 29.7 Å². The molecule has 3 atom stereocenters. The van der Waals surface area contributed by atoms with E-state index < -0.39 is 0 Å². The van der Waals surface area contributed by atoms with E-state index in [2.05, 4.69) is 0 Å². The molecule has 0 bridgehead atoms. The molecule has 3 N–H and O–H groups in total. The van der Waals surface area contributed by atoms with Gasteiger partial charge < -0.3 is 15.6 Å². The Morgan fingerprint density at radius 1 is 1.26 bits per heavy atom. The topological polar surface area (TPSA) is 67.8 Å². The van der Waals surface area contributed by atoms with Gasteiger partial charge in [-0.15, -0.1) is 0 Å². The standard InChI is InChI=1S/C15H20N2O2/c16-9-11-3-6-14-13(7-11)17-15(19-14)8-10-1-4-12(18)5-2-10/h1-2,4-5,11,13-14,18H,3,6-9,16H2. The van der Waals surface area contributed by atoms with Gasteiger partial charge in [0.05, 0.1) is 6.04 Å². The van der Waals surface area contributed by atoms with Crippen LogP contribution < -0.4 is 5.73 Å². The van der Waals surface area contributed by atoms with Gasteiger partial charge in [-0.25, -0.2) is 4.99 Å². The SMILES string of the molecule is NCC1CCC2OC(Cc3ccc(O)cc3)=NC2C1. The minimum Gasteiger partial charge on any atom is -0.508 e. The van der Waals surface area contributed by atoms with Gasteiger partial charge in [-0.2, -0.15) is 0 Å². The maximum atomic E-state index is 9.27. The Hall–Kier alpha value is -1.55. The molecular formula is C15H20N2O2. The first kappa shape index (κ1) is 12.5. The van der Waals surface area contributed by atoms with Crippen LogP contribution in [-0.2, 0) is 11.2 Å². The summed E-state index contributed by atoms with van der Waals surface area (Å²) in [4.78, 5) is 4.70. The van der Waals surface area contributed by atoms with Crippen molar-refractivity contribution in [1.82, 2.24) is 0 Å². The second-order valence-electron chi connectivity index (χ2n) is 5.50. The van der Waals surface area contributed by atoms with Crippen molar-refractivity contribution in [2.75, 3.05) is 6.54 Å². The molecule has 0 amide bonds. The number of hydrogen-bond acceptors (Lipinski definition) is 4. The smallest absolute Gasteiger partial charge is 0.188 e. The summed E-state index contributed by atoms with van der Waals surface area (Å²) in [5.74, 6) is 1.72. The van der Waals surface area contributed by atoms with Crippen LogP contribution in [0.2, 0.25) is 0 Å². The first-order valence-electron chi connectivity index (χ1n) is 6.96. The highest BCUT2D eigenvalue weighted by atomic mass is 16.5. The fourth-order valence-corrected chi connectivity index (χ4v) is 2.96. The molecule has 1 aliphatic heterocycles. The molecule has 0 spiro atoms. The van der Waals surface area contributed by atoms with E-state index in [0.29, 0.717) is 18.4 Å². The van der Waals surface area contributed by atoms with Crippen LogP contribution in [0.5, 0.6) is 5.75 Å². The Morgan fingerprint density at radius 3 is 2.79 bits per heavy atom. The number of benzene rings is 1. The summed E-state index contributed by atoms with van der Waals surface area (Å²) in [6.07, 6.45) is 4.24. The van der Waals surface area contributed by atoms with E-state index in [9.17, 15) is 5.11 Å². The zero-order chi connectivity index (χ0) is 13.2. The molecule has 2 aliphatic rings. The summed E-state index contributed by atoms with van der Waals surface area (Å²) in [6.45, 7) is 0.756. The van der Waals surface area contributed by atoms with Crippen LogP contribution in [0.3, 0.4) is 0 Å². The predicted molar refractivity (Wildman–Crippen MR) is 74.3 cm³/mol. The molecule has 1 saturated carbocycles. The predicted octanol–water partition coefficient (Wildman–Crippen LogP) is 1.86. The zero-order valence-electron chi connectivity index (χ0n) is 11.0. The summed E-state index contributed by atoms with van der Waals surface area (Å²) in [6, 6.07) is 7.51. The van der Waals surface area contributed by atoms with Gasteiger partial charge in [0.15, 0.2) is 5.90 Å². The maximum absolute atomic E-state index is 9.27. The molecule has 1 aromatic carbocycles. The van der Waals surface area contributed by atoms with Crippen LogP contribution in [0.25, 0.3) is 0 Å². The Kier molecular flexibility index (Phi) is 3.42. The van der Waals surface area contributed by atoms with Crippen molar-refractivity contribution in [1.29, 1.82) is 0 Å². The molecule has 4 nitrogen and oxygen atoms in total. The van der Waals surface area contributed by atoms with Gasteiger partial charge in [-0.05, 0) is 49.4 Å². The van der Waals surface area contributed by atoms with Crippen LogP contribution >= 0.6 is 0 Å². The highest BCUT2D eigenvalue weighted by molar-refractivity contribution is 5.80. The summed E-state index contributed by atoms with van der Waals surface area (Å²) in [5, 5.41) is 9.27. The molecule has 3 unspecified atom stereocenters. The molecule has 1 aliphatic carbocycles. The molecule has 0 saturated heterocycles. The molecule has 4 heteroatoms. The number of ether oxygens (including phenoxy) is 1. The quantitative estimate of drug-likeness (QED) is 0.871. The molecule has 0 radical (unpaired) electrons. The lowest BCUT2D eigenvalue weighted by atomic mass is 9.84. The van der Waals surface area contributed by atoms with Crippen molar-refractivity contribution in [3.05, 3.63) is 29.8 Å². The number of aromatic hydroxyl groups is 1. The van der Waals surface area contributed by atoms with Crippen molar-refractivity contribution >= 4 is 5.90 Å². The van der Waals surface area contributed by atoms with Crippen LogP contribution in [0.4, 0.5) is 0 Å². The fourth-order valence-electron chi connectivity index (χ4n) is 2.96. The molecule has 1 fully saturated rings. The van der Waals surface area contributed by atoms with Crippen molar-refractivity contribution in [3.63, 3.8) is 0 Å². The number of aliphatic imine (C=N–C) groups is 1. The third-order valence-corrected chi connectivity index (χ3v) is 4.09. The number of phenols is 1. The summed E-state index contributed by atoms with van der Waals surface area (Å²) in [5.41, 5.74) is 6.86. The number of nitrogens with two attached hydrogens (primary N) is 1. The van der Waals surface area contributed by atoms with E-state index in [1.54, 1.807) is 12.1 Å². The molecule has 19 heavy (non-hydrogen) atoms. The van der Waals surface area contributed by atoms with Crippen LogP contribution in [0.15, 0.2) is 29.3 Å². The fraction of sp³-hybridized carbons (Fsp3) is 0.533. The Bertz CT molecular complexity index is 470. The Morgan fingerprint density at radius 2 is 2.05 bits per heavy atom. The number of phenolic OH excluding ortho intramolecular Hbond substituents is 1. The van der Waals surface area contributed by atoms with E-state index in [0.717, 1.165) is 37.3 Å². The molecule has 1 aromatic rings. The minimum absolute atomic E-state index is 0.259. The molecule has 3 rings (SSSR count). The van der Waals surface area contributed by atoms with Gasteiger partial charge in [-0.1, -0.05) is 12.1 Å². The lowest BCUT2D eigenvalue weighted by Crippen LogP contribution is -2.33. The van der Waals surface area contributed by atoms with Crippen LogP contribution in [0.1, 0.15) is 24.8 Å². The Labute approximate surface area is 113 Å². The van der Waals surface area contributed by atoms with Gasteiger partial charge in [0.2, 0.25) is 0 Å². The number of fused-ring (bicyclic) bond motifs is 1. The summed E-state index contributed by atoms with van der Waals surface area (Å²) < 4.78 is 5.94. The normalized spacial score (nSPS) is 29.5. The van der Waals surface area contributed by atoms with Gasteiger partial charge in [0, 0.05) is 6.42 Å². The third kappa shape index (κ3) is 2.73. The van der Waals surface area contributed by atoms with Gasteiger partial charge in [-0.3, -0.25) is 0 Å². The number of rotatable bonds is 3. The van der Waals surface area contributed by atoms with E-state index in [-0.39, 0.29) is 11.9 Å². The largest absolute Gasteiger partial charge is 0.508 e.